The largest absolute Gasteiger partial charge is 0.573 e. The Morgan fingerprint density at radius 3 is 2.50 bits per heavy atom. The highest BCUT2D eigenvalue weighted by molar-refractivity contribution is 8.00. The third-order valence-electron chi connectivity index (χ3n) is 6.66. The maximum absolute atomic E-state index is 15.1. The molecule has 2 amide bonds. The summed E-state index contributed by atoms with van der Waals surface area (Å²) >= 11 is 1.83. The molecule has 2 aliphatic heterocycles. The number of amides is 2. The third-order valence-corrected chi connectivity index (χ3v) is 7.90. The Labute approximate surface area is 230 Å². The SMILES string of the molecule is NC(=O)c1cc(-c2cnn(C3CSC3)c2)cnc1OC1CCN(C(=O)Cc2ccc(OC(F)(F)F)cc2)CC1F. The molecule has 2 unspecified atom stereocenters. The number of hydrogen-bond acceptors (Lipinski definition) is 7. The Morgan fingerprint density at radius 2 is 1.88 bits per heavy atom. The smallest absolute Gasteiger partial charge is 0.471 e. The van der Waals surface area contributed by atoms with E-state index in [1.807, 2.05) is 22.6 Å². The number of ether oxygens (including phenoxy) is 2. The number of hydrogen-bond donors (Lipinski definition) is 1. The topological polar surface area (TPSA) is 113 Å². The van der Waals surface area contributed by atoms with Crippen LogP contribution < -0.4 is 15.2 Å². The Bertz CT molecular complexity index is 1380. The lowest BCUT2D eigenvalue weighted by atomic mass is 10.0. The van der Waals surface area contributed by atoms with Crippen LogP contribution in [0.1, 0.15) is 28.4 Å². The van der Waals surface area contributed by atoms with Crippen molar-refractivity contribution < 1.29 is 36.6 Å². The summed E-state index contributed by atoms with van der Waals surface area (Å²) in [5.74, 6) is 0.328. The number of thioether (sulfide) groups is 1. The first-order chi connectivity index (χ1) is 19.1. The van der Waals surface area contributed by atoms with Crippen molar-refractivity contribution in [2.75, 3.05) is 24.6 Å². The minimum atomic E-state index is -4.81. The van der Waals surface area contributed by atoms with Gasteiger partial charge in [-0.05, 0) is 23.8 Å². The molecule has 9 nitrogen and oxygen atoms in total. The predicted molar refractivity (Wildman–Crippen MR) is 138 cm³/mol. The molecule has 5 rings (SSSR count). The van der Waals surface area contributed by atoms with E-state index in [9.17, 15) is 22.8 Å². The quantitative estimate of drug-likeness (QED) is 0.404. The van der Waals surface area contributed by atoms with E-state index in [0.29, 0.717) is 17.2 Å². The van der Waals surface area contributed by atoms with Crippen molar-refractivity contribution in [3.8, 4) is 22.8 Å². The van der Waals surface area contributed by atoms with Crippen LogP contribution in [0, 0.1) is 0 Å². The van der Waals surface area contributed by atoms with E-state index in [2.05, 4.69) is 14.8 Å². The van der Waals surface area contributed by atoms with Crippen LogP contribution >= 0.6 is 11.8 Å². The van der Waals surface area contributed by atoms with Gasteiger partial charge in [0.2, 0.25) is 11.8 Å². The first-order valence-electron chi connectivity index (χ1n) is 12.4. The number of carbonyl (C=O) groups excluding carboxylic acids is 2. The number of nitrogens with zero attached hydrogens (tertiary/aromatic N) is 4. The first-order valence-corrected chi connectivity index (χ1v) is 13.6. The van der Waals surface area contributed by atoms with Crippen molar-refractivity contribution in [2.24, 2.45) is 5.73 Å². The van der Waals surface area contributed by atoms with Crippen LogP contribution in [0.5, 0.6) is 11.6 Å². The number of alkyl halides is 4. The number of primary amides is 1. The Kier molecular flexibility index (Phi) is 7.88. The standard InChI is InChI=1S/C26H25F4N5O4S/c27-21-12-34(23(36)7-15-1-3-19(4-2-15)39-26(28,29)30)6-5-22(21)38-25-20(24(31)37)8-16(9-32-25)17-10-33-35(11-17)18-13-40-14-18/h1-4,8-11,18,21-22H,5-7,12-14H2,(H2,31,37). The molecular formula is C26H25F4N5O4S. The summed E-state index contributed by atoms with van der Waals surface area (Å²) in [6, 6.07) is 6.80. The molecule has 2 fully saturated rings. The first kappa shape index (κ1) is 27.7. The molecule has 40 heavy (non-hydrogen) atoms. The van der Waals surface area contributed by atoms with E-state index < -0.39 is 30.3 Å². The zero-order chi connectivity index (χ0) is 28.4. The van der Waals surface area contributed by atoms with Gasteiger partial charge in [0.1, 0.15) is 17.4 Å². The van der Waals surface area contributed by atoms with Gasteiger partial charge >= 0.3 is 6.36 Å². The van der Waals surface area contributed by atoms with Crippen molar-refractivity contribution >= 4 is 23.6 Å². The van der Waals surface area contributed by atoms with Gasteiger partial charge in [0.25, 0.3) is 5.91 Å². The second-order valence-electron chi connectivity index (χ2n) is 9.51. The number of benzene rings is 1. The van der Waals surface area contributed by atoms with Crippen LogP contribution in [0.2, 0.25) is 0 Å². The van der Waals surface area contributed by atoms with Crippen LogP contribution in [-0.4, -0.2) is 74.7 Å². The highest BCUT2D eigenvalue weighted by Gasteiger charge is 2.34. The Hall–Kier alpha value is -3.81. The molecule has 3 aromatic rings. The van der Waals surface area contributed by atoms with Gasteiger partial charge in [0, 0.05) is 48.0 Å². The highest BCUT2D eigenvalue weighted by atomic mass is 32.2. The van der Waals surface area contributed by atoms with E-state index in [0.717, 1.165) is 29.2 Å². The third kappa shape index (κ3) is 6.49. The zero-order valence-corrected chi connectivity index (χ0v) is 21.8. The molecule has 0 bridgehead atoms. The number of pyridine rings is 1. The van der Waals surface area contributed by atoms with Crippen LogP contribution in [0.4, 0.5) is 17.6 Å². The van der Waals surface area contributed by atoms with Crippen molar-refractivity contribution in [1.82, 2.24) is 19.7 Å². The molecule has 0 spiro atoms. The monoisotopic (exact) mass is 579 g/mol. The van der Waals surface area contributed by atoms with Gasteiger partial charge in [-0.25, -0.2) is 9.37 Å². The number of rotatable bonds is 8. The van der Waals surface area contributed by atoms with Crippen LogP contribution in [-0.2, 0) is 11.2 Å². The lowest BCUT2D eigenvalue weighted by Gasteiger charge is -2.34. The van der Waals surface area contributed by atoms with Crippen LogP contribution in [0.3, 0.4) is 0 Å². The highest BCUT2D eigenvalue weighted by Crippen LogP contribution is 2.32. The van der Waals surface area contributed by atoms with Gasteiger partial charge in [-0.2, -0.15) is 16.9 Å². The maximum Gasteiger partial charge on any atom is 0.573 e. The van der Waals surface area contributed by atoms with Gasteiger partial charge in [-0.15, -0.1) is 13.2 Å². The van der Waals surface area contributed by atoms with Crippen molar-refractivity contribution in [1.29, 1.82) is 0 Å². The molecule has 2 atom stereocenters. The molecule has 2 aromatic heterocycles. The molecule has 2 N–H and O–H groups in total. The van der Waals surface area contributed by atoms with E-state index in [1.54, 1.807) is 12.3 Å². The van der Waals surface area contributed by atoms with Gasteiger partial charge in [-0.1, -0.05) is 12.1 Å². The van der Waals surface area contributed by atoms with E-state index in [-0.39, 0.29) is 43.3 Å². The fourth-order valence-corrected chi connectivity index (χ4v) is 5.18. The maximum atomic E-state index is 15.1. The fraction of sp³-hybridized carbons (Fsp3) is 0.385. The average molecular weight is 580 g/mol. The average Bonchev–Trinajstić information content (AvgIpc) is 3.34. The minimum Gasteiger partial charge on any atom is -0.471 e. The number of likely N-dealkylation sites (tertiary alicyclic amines) is 1. The molecule has 1 aromatic carbocycles. The summed E-state index contributed by atoms with van der Waals surface area (Å²) in [5.41, 5.74) is 7.41. The van der Waals surface area contributed by atoms with E-state index >= 15 is 4.39 Å². The summed E-state index contributed by atoms with van der Waals surface area (Å²) in [6.45, 7) is -0.0663. The molecule has 0 aliphatic carbocycles. The number of nitrogens with two attached hydrogens (primary N) is 1. The molecule has 4 heterocycles. The second kappa shape index (κ2) is 11.4. The van der Waals surface area contributed by atoms with Gasteiger partial charge in [0.15, 0.2) is 6.17 Å². The Balaban J connectivity index is 1.19. The van der Waals surface area contributed by atoms with Gasteiger partial charge in [0.05, 0.1) is 25.2 Å². The van der Waals surface area contributed by atoms with Gasteiger partial charge < -0.3 is 20.1 Å². The lowest BCUT2D eigenvalue weighted by Crippen LogP contribution is -2.49. The van der Waals surface area contributed by atoms with Crippen LogP contribution in [0.15, 0.2) is 48.9 Å². The summed E-state index contributed by atoms with van der Waals surface area (Å²) < 4.78 is 63.5. The Morgan fingerprint density at radius 1 is 1.12 bits per heavy atom. The molecular weight excluding hydrogens is 554 g/mol. The fourth-order valence-electron chi connectivity index (χ4n) is 4.42. The van der Waals surface area contributed by atoms with Crippen molar-refractivity contribution in [3.63, 3.8) is 0 Å². The zero-order valence-electron chi connectivity index (χ0n) is 21.0. The summed E-state index contributed by atoms with van der Waals surface area (Å²) in [6.07, 6.45) is -2.25. The number of aromatic nitrogens is 3. The molecule has 2 aliphatic rings. The van der Waals surface area contributed by atoms with Gasteiger partial charge in [-0.3, -0.25) is 14.3 Å². The van der Waals surface area contributed by atoms with E-state index in [4.69, 9.17) is 10.5 Å². The number of piperidine rings is 1. The predicted octanol–water partition coefficient (Wildman–Crippen LogP) is 3.79. The molecule has 14 heteroatoms. The van der Waals surface area contributed by atoms with E-state index in [1.165, 1.54) is 23.2 Å². The molecule has 0 saturated carbocycles. The molecule has 0 radical (unpaired) electrons. The summed E-state index contributed by atoms with van der Waals surface area (Å²) in [5, 5.41) is 4.38. The minimum absolute atomic E-state index is 0.00750. The second-order valence-corrected chi connectivity index (χ2v) is 10.6. The lowest BCUT2D eigenvalue weighted by molar-refractivity contribution is -0.274. The van der Waals surface area contributed by atoms with Crippen molar-refractivity contribution in [2.45, 2.75) is 37.5 Å². The van der Waals surface area contributed by atoms with Crippen LogP contribution in [0.25, 0.3) is 11.1 Å². The number of carbonyl (C=O) groups is 2. The summed E-state index contributed by atoms with van der Waals surface area (Å²) in [4.78, 5) is 30.4. The normalized spacial score (nSPS) is 19.6. The number of halogens is 4. The summed E-state index contributed by atoms with van der Waals surface area (Å²) in [7, 11) is 0. The molecule has 2 saturated heterocycles. The van der Waals surface area contributed by atoms with Crippen molar-refractivity contribution in [3.05, 3.63) is 60.0 Å². The molecule has 212 valence electrons.